The molecule has 102 valence electrons. The van der Waals surface area contributed by atoms with Crippen LogP contribution in [0.1, 0.15) is 11.1 Å². The highest BCUT2D eigenvalue weighted by molar-refractivity contribution is 5.18. The average molecular weight is 270 g/mol. The molecule has 2 rings (SSSR count). The number of nitrogens with zero attached hydrogens (tertiary/aromatic N) is 2. The second-order valence-corrected chi connectivity index (χ2v) is 3.74. The number of aromatic nitrogens is 2. The summed E-state index contributed by atoms with van der Waals surface area (Å²) in [6.45, 7) is 3.70. The van der Waals surface area contributed by atoms with Gasteiger partial charge in [-0.05, 0) is 43.2 Å². The van der Waals surface area contributed by atoms with Crippen LogP contribution in [-0.2, 0) is 0 Å². The predicted octanol–water partition coefficient (Wildman–Crippen LogP) is 3.68. The fourth-order valence-electron chi connectivity index (χ4n) is 1.11. The molecule has 19 heavy (non-hydrogen) atoms. The summed E-state index contributed by atoms with van der Waals surface area (Å²) >= 11 is 0. The van der Waals surface area contributed by atoms with Crippen molar-refractivity contribution in [2.24, 2.45) is 0 Å². The van der Waals surface area contributed by atoms with Crippen LogP contribution in [0.5, 0.6) is 5.88 Å². The molecular formula is C13H13F3N2O. The van der Waals surface area contributed by atoms with Gasteiger partial charge < -0.3 is 4.74 Å². The Morgan fingerprint density at radius 1 is 0.947 bits per heavy atom. The lowest BCUT2D eigenvalue weighted by atomic mass is 10.3. The molecule has 2 aromatic heterocycles. The van der Waals surface area contributed by atoms with Crippen LogP contribution in [0, 0.1) is 13.8 Å². The molecule has 2 aromatic rings. The van der Waals surface area contributed by atoms with Crippen molar-refractivity contribution in [2.45, 2.75) is 20.2 Å². The molecule has 0 unspecified atom stereocenters. The SMILES string of the molecule is Cc1ccnc(OC(F)(F)F)c1.Cc1ccncc1. The maximum atomic E-state index is 11.6. The summed E-state index contributed by atoms with van der Waals surface area (Å²) in [6, 6.07) is 6.75. The van der Waals surface area contributed by atoms with E-state index in [2.05, 4.69) is 14.7 Å². The zero-order valence-corrected chi connectivity index (χ0v) is 10.5. The smallest absolute Gasteiger partial charge is 0.388 e. The topological polar surface area (TPSA) is 35.0 Å². The number of hydrogen-bond acceptors (Lipinski definition) is 3. The van der Waals surface area contributed by atoms with E-state index in [1.807, 2.05) is 19.1 Å². The van der Waals surface area contributed by atoms with Crippen molar-refractivity contribution in [2.75, 3.05) is 0 Å². The molecule has 0 saturated heterocycles. The Labute approximate surface area is 109 Å². The maximum Gasteiger partial charge on any atom is 0.574 e. The predicted molar refractivity (Wildman–Crippen MR) is 64.6 cm³/mol. The summed E-state index contributed by atoms with van der Waals surface area (Å²) < 4.78 is 38.4. The summed E-state index contributed by atoms with van der Waals surface area (Å²) in [5.41, 5.74) is 1.93. The quantitative estimate of drug-likeness (QED) is 0.793. The van der Waals surface area contributed by atoms with E-state index in [0.29, 0.717) is 5.56 Å². The van der Waals surface area contributed by atoms with Crippen LogP contribution in [0.15, 0.2) is 42.9 Å². The normalized spacial score (nSPS) is 10.4. The molecule has 0 saturated carbocycles. The molecule has 0 aliphatic rings. The summed E-state index contributed by atoms with van der Waals surface area (Å²) in [7, 11) is 0. The van der Waals surface area contributed by atoms with Gasteiger partial charge in [-0.15, -0.1) is 13.2 Å². The molecule has 0 N–H and O–H groups in total. The van der Waals surface area contributed by atoms with Crippen molar-refractivity contribution >= 4 is 0 Å². The van der Waals surface area contributed by atoms with Crippen LogP contribution < -0.4 is 4.74 Å². The van der Waals surface area contributed by atoms with Crippen LogP contribution in [0.25, 0.3) is 0 Å². The second-order valence-electron chi connectivity index (χ2n) is 3.74. The van der Waals surface area contributed by atoms with E-state index in [0.717, 1.165) is 0 Å². The van der Waals surface area contributed by atoms with Crippen LogP contribution in [0.3, 0.4) is 0 Å². The van der Waals surface area contributed by atoms with E-state index in [1.165, 1.54) is 17.8 Å². The van der Waals surface area contributed by atoms with Gasteiger partial charge in [-0.3, -0.25) is 4.98 Å². The molecule has 0 aliphatic heterocycles. The van der Waals surface area contributed by atoms with Crippen LogP contribution >= 0.6 is 0 Å². The minimum absolute atomic E-state index is 0.428. The number of ether oxygens (including phenoxy) is 1. The number of rotatable bonds is 1. The largest absolute Gasteiger partial charge is 0.574 e. The van der Waals surface area contributed by atoms with Gasteiger partial charge in [0.15, 0.2) is 0 Å². The van der Waals surface area contributed by atoms with Gasteiger partial charge in [0.1, 0.15) is 0 Å². The first-order chi connectivity index (χ1) is 8.87. The van der Waals surface area contributed by atoms with E-state index in [-0.39, 0.29) is 0 Å². The fraction of sp³-hybridized carbons (Fsp3) is 0.231. The molecule has 6 heteroatoms. The van der Waals surface area contributed by atoms with E-state index in [9.17, 15) is 13.2 Å². The van der Waals surface area contributed by atoms with Gasteiger partial charge in [0, 0.05) is 24.7 Å². The standard InChI is InChI=1S/C7H6F3NO.C6H7N/c1-5-2-3-11-6(4-5)12-7(8,9)10;1-6-2-4-7-5-3-6/h2-4H,1H3;2-5H,1H3. The van der Waals surface area contributed by atoms with Gasteiger partial charge in [-0.2, -0.15) is 0 Å². The first kappa shape index (κ1) is 14.9. The lowest BCUT2D eigenvalue weighted by molar-refractivity contribution is -0.276. The highest BCUT2D eigenvalue weighted by Gasteiger charge is 2.31. The first-order valence-corrected chi connectivity index (χ1v) is 5.42. The van der Waals surface area contributed by atoms with E-state index >= 15 is 0 Å². The minimum atomic E-state index is -4.67. The van der Waals surface area contributed by atoms with Gasteiger partial charge in [0.2, 0.25) is 5.88 Å². The van der Waals surface area contributed by atoms with Crippen molar-refractivity contribution in [1.29, 1.82) is 0 Å². The monoisotopic (exact) mass is 270 g/mol. The third-order valence-corrected chi connectivity index (χ3v) is 1.96. The highest BCUT2D eigenvalue weighted by atomic mass is 19.4. The number of halogens is 3. The zero-order valence-electron chi connectivity index (χ0n) is 10.5. The summed E-state index contributed by atoms with van der Waals surface area (Å²) in [4.78, 5) is 7.23. The van der Waals surface area contributed by atoms with E-state index < -0.39 is 12.2 Å². The van der Waals surface area contributed by atoms with Gasteiger partial charge in [-0.25, -0.2) is 4.98 Å². The molecule has 0 amide bonds. The summed E-state index contributed by atoms with van der Waals surface area (Å²) in [5, 5.41) is 0. The van der Waals surface area contributed by atoms with Crippen molar-refractivity contribution in [3.63, 3.8) is 0 Å². The number of aryl methyl sites for hydroxylation is 2. The highest BCUT2D eigenvalue weighted by Crippen LogP contribution is 2.20. The zero-order chi connectivity index (χ0) is 14.3. The molecule has 0 aromatic carbocycles. The molecule has 2 heterocycles. The Balaban J connectivity index is 0.000000218. The Morgan fingerprint density at radius 3 is 1.95 bits per heavy atom. The number of pyridine rings is 2. The number of hydrogen-bond donors (Lipinski definition) is 0. The van der Waals surface area contributed by atoms with E-state index in [1.54, 1.807) is 25.4 Å². The Morgan fingerprint density at radius 2 is 1.53 bits per heavy atom. The van der Waals surface area contributed by atoms with Gasteiger partial charge in [-0.1, -0.05) is 0 Å². The molecule has 0 atom stereocenters. The molecule has 0 bridgehead atoms. The third kappa shape index (κ3) is 7.03. The van der Waals surface area contributed by atoms with Gasteiger partial charge >= 0.3 is 6.36 Å². The summed E-state index contributed by atoms with van der Waals surface area (Å²) in [6.07, 6.45) is 0.169. The summed E-state index contributed by atoms with van der Waals surface area (Å²) in [5.74, 6) is -0.428. The Bertz CT molecular complexity index is 501. The first-order valence-electron chi connectivity index (χ1n) is 5.42. The van der Waals surface area contributed by atoms with Crippen molar-refractivity contribution in [1.82, 2.24) is 9.97 Å². The molecule has 0 aliphatic carbocycles. The number of alkyl halides is 3. The lowest BCUT2D eigenvalue weighted by Crippen LogP contribution is -2.17. The van der Waals surface area contributed by atoms with Crippen molar-refractivity contribution in [3.8, 4) is 5.88 Å². The molecule has 0 radical (unpaired) electrons. The molecule has 3 nitrogen and oxygen atoms in total. The van der Waals surface area contributed by atoms with Gasteiger partial charge in [0.25, 0.3) is 0 Å². The Kier molecular flexibility index (Phi) is 5.29. The second kappa shape index (κ2) is 6.72. The third-order valence-electron chi connectivity index (χ3n) is 1.96. The van der Waals surface area contributed by atoms with Crippen LogP contribution in [-0.4, -0.2) is 16.3 Å². The lowest BCUT2D eigenvalue weighted by Gasteiger charge is -2.07. The van der Waals surface area contributed by atoms with Crippen molar-refractivity contribution in [3.05, 3.63) is 54.0 Å². The molecule has 0 fully saturated rings. The van der Waals surface area contributed by atoms with Gasteiger partial charge in [0.05, 0.1) is 0 Å². The van der Waals surface area contributed by atoms with E-state index in [4.69, 9.17) is 0 Å². The Hall–Kier alpha value is -2.11. The van der Waals surface area contributed by atoms with Crippen LogP contribution in [0.4, 0.5) is 13.2 Å². The van der Waals surface area contributed by atoms with Crippen molar-refractivity contribution < 1.29 is 17.9 Å². The maximum absolute atomic E-state index is 11.6. The minimum Gasteiger partial charge on any atom is -0.388 e. The molecule has 0 spiro atoms. The van der Waals surface area contributed by atoms with Crippen LogP contribution in [0.2, 0.25) is 0 Å². The molecular weight excluding hydrogens is 257 g/mol. The average Bonchev–Trinajstić information content (AvgIpc) is 2.28. The fourth-order valence-corrected chi connectivity index (χ4v) is 1.11.